The molecule has 0 spiro atoms. The van der Waals surface area contributed by atoms with Gasteiger partial charge < -0.3 is 9.64 Å². The summed E-state index contributed by atoms with van der Waals surface area (Å²) in [5, 5.41) is 0. The maximum absolute atomic E-state index is 12.2. The van der Waals surface area contributed by atoms with Gasteiger partial charge in [-0.2, -0.15) is 0 Å². The number of unbranched alkanes of at least 4 members (excludes halogenated alkanes) is 1. The number of benzene rings is 1. The number of ether oxygens (including phenoxy) is 1. The van der Waals surface area contributed by atoms with Gasteiger partial charge in [-0.3, -0.25) is 9.59 Å². The lowest BCUT2D eigenvalue weighted by atomic mass is 10.1. The van der Waals surface area contributed by atoms with Gasteiger partial charge in [-0.15, -0.1) is 0 Å². The van der Waals surface area contributed by atoms with Crippen LogP contribution < -0.4 is 0 Å². The van der Waals surface area contributed by atoms with Crippen molar-refractivity contribution in [1.29, 1.82) is 0 Å². The number of hydrogen-bond donors (Lipinski definition) is 0. The molecule has 0 aliphatic carbocycles. The zero-order chi connectivity index (χ0) is 18.9. The zero-order valence-corrected chi connectivity index (χ0v) is 15.6. The van der Waals surface area contributed by atoms with Crippen molar-refractivity contribution < 1.29 is 19.1 Å². The number of likely N-dealkylation sites (tertiary alicyclic amines) is 1. The maximum Gasteiger partial charge on any atom is 0.337 e. The molecule has 0 bridgehead atoms. The van der Waals surface area contributed by atoms with Crippen LogP contribution >= 0.6 is 0 Å². The molecule has 1 saturated heterocycles. The minimum Gasteiger partial charge on any atom is -0.465 e. The number of rotatable bonds is 9. The number of carbonyl (C=O) groups excluding carboxylic acids is 3. The highest BCUT2D eigenvalue weighted by atomic mass is 16.5. The molecular formula is C21H27NO4. The summed E-state index contributed by atoms with van der Waals surface area (Å²) in [4.78, 5) is 37.3. The van der Waals surface area contributed by atoms with E-state index in [2.05, 4.69) is 11.7 Å². The summed E-state index contributed by atoms with van der Waals surface area (Å²) in [5.41, 5.74) is 1.57. The van der Waals surface area contributed by atoms with E-state index in [4.69, 9.17) is 0 Å². The molecule has 0 radical (unpaired) electrons. The predicted octanol–water partition coefficient (Wildman–Crippen LogP) is 3.32. The fourth-order valence-electron chi connectivity index (χ4n) is 3.07. The van der Waals surface area contributed by atoms with E-state index in [9.17, 15) is 14.4 Å². The van der Waals surface area contributed by atoms with Gasteiger partial charge in [-0.1, -0.05) is 31.6 Å². The lowest BCUT2D eigenvalue weighted by Gasteiger charge is -2.22. The Morgan fingerprint density at radius 3 is 2.65 bits per heavy atom. The molecule has 1 atom stereocenters. The van der Waals surface area contributed by atoms with Crippen LogP contribution in [0.3, 0.4) is 0 Å². The third-order valence-corrected chi connectivity index (χ3v) is 4.67. The summed E-state index contributed by atoms with van der Waals surface area (Å²) in [6, 6.07) is 7.23. The third-order valence-electron chi connectivity index (χ3n) is 4.67. The largest absolute Gasteiger partial charge is 0.465 e. The van der Waals surface area contributed by atoms with E-state index >= 15 is 0 Å². The van der Waals surface area contributed by atoms with E-state index in [1.165, 1.54) is 7.11 Å². The van der Waals surface area contributed by atoms with E-state index in [1.807, 2.05) is 23.1 Å². The second-order valence-electron chi connectivity index (χ2n) is 6.56. The number of esters is 1. The Bertz CT molecular complexity index is 663. The van der Waals surface area contributed by atoms with Crippen LogP contribution in [-0.2, 0) is 20.7 Å². The molecule has 0 saturated carbocycles. The smallest absolute Gasteiger partial charge is 0.337 e. The Balaban J connectivity index is 1.91. The van der Waals surface area contributed by atoms with Gasteiger partial charge in [-0.05, 0) is 43.0 Å². The highest BCUT2D eigenvalue weighted by Gasteiger charge is 2.28. The van der Waals surface area contributed by atoms with E-state index in [1.54, 1.807) is 18.2 Å². The number of ketones is 1. The number of amides is 1. The highest BCUT2D eigenvalue weighted by Crippen LogP contribution is 2.20. The van der Waals surface area contributed by atoms with Crippen molar-refractivity contribution in [3.8, 4) is 0 Å². The highest BCUT2D eigenvalue weighted by molar-refractivity contribution is 5.90. The molecule has 1 aliphatic rings. The molecule has 1 aromatic carbocycles. The van der Waals surface area contributed by atoms with Crippen LogP contribution in [0.15, 0.2) is 36.4 Å². The minimum atomic E-state index is -0.357. The summed E-state index contributed by atoms with van der Waals surface area (Å²) >= 11 is 0. The van der Waals surface area contributed by atoms with Crippen molar-refractivity contribution in [1.82, 2.24) is 4.90 Å². The molecule has 1 unspecified atom stereocenters. The Morgan fingerprint density at radius 1 is 1.27 bits per heavy atom. The SMILES string of the molecule is CCCCC(=O)C=CC1CCC(=O)N1CCc1ccc(C(=O)OC)cc1. The van der Waals surface area contributed by atoms with Gasteiger partial charge >= 0.3 is 5.97 Å². The van der Waals surface area contributed by atoms with E-state index < -0.39 is 0 Å². The van der Waals surface area contributed by atoms with E-state index in [0.29, 0.717) is 31.4 Å². The molecule has 0 N–H and O–H groups in total. The lowest BCUT2D eigenvalue weighted by Crippen LogP contribution is -2.33. The minimum absolute atomic E-state index is 0.00224. The maximum atomic E-state index is 12.2. The van der Waals surface area contributed by atoms with Crippen LogP contribution in [0.2, 0.25) is 0 Å². The molecule has 2 rings (SSSR count). The molecule has 0 aromatic heterocycles. The van der Waals surface area contributed by atoms with Crippen molar-refractivity contribution in [2.45, 2.75) is 51.5 Å². The predicted molar refractivity (Wildman–Crippen MR) is 99.9 cm³/mol. The number of methoxy groups -OCH3 is 1. The average molecular weight is 357 g/mol. The molecule has 140 valence electrons. The van der Waals surface area contributed by atoms with Crippen molar-refractivity contribution >= 4 is 17.7 Å². The van der Waals surface area contributed by atoms with E-state index in [-0.39, 0.29) is 23.7 Å². The quantitative estimate of drug-likeness (QED) is 0.502. The number of nitrogens with zero attached hydrogens (tertiary/aromatic N) is 1. The third kappa shape index (κ3) is 5.55. The number of carbonyl (C=O) groups is 3. The molecule has 26 heavy (non-hydrogen) atoms. The molecule has 1 fully saturated rings. The van der Waals surface area contributed by atoms with Gasteiger partial charge in [0.1, 0.15) is 0 Å². The second kappa shape index (κ2) is 9.90. The number of allylic oxidation sites excluding steroid dienone is 1. The average Bonchev–Trinajstić information content (AvgIpc) is 3.02. The van der Waals surface area contributed by atoms with Crippen LogP contribution in [-0.4, -0.2) is 42.3 Å². The van der Waals surface area contributed by atoms with Gasteiger partial charge in [0.2, 0.25) is 5.91 Å². The van der Waals surface area contributed by atoms with Crippen molar-refractivity contribution in [2.24, 2.45) is 0 Å². The van der Waals surface area contributed by atoms with Gasteiger partial charge in [0.05, 0.1) is 18.7 Å². The summed E-state index contributed by atoms with van der Waals surface area (Å²) in [5.74, 6) is -0.0967. The van der Waals surface area contributed by atoms with Gasteiger partial charge in [0.15, 0.2) is 5.78 Å². The van der Waals surface area contributed by atoms with Gasteiger partial charge in [0.25, 0.3) is 0 Å². The van der Waals surface area contributed by atoms with Crippen molar-refractivity contribution in [2.75, 3.05) is 13.7 Å². The Labute approximate surface area is 155 Å². The first-order valence-corrected chi connectivity index (χ1v) is 9.23. The molecule has 1 aliphatic heterocycles. The Hall–Kier alpha value is -2.43. The van der Waals surface area contributed by atoms with Crippen LogP contribution in [0.5, 0.6) is 0 Å². The first-order valence-electron chi connectivity index (χ1n) is 9.23. The van der Waals surface area contributed by atoms with Crippen LogP contribution in [0.4, 0.5) is 0 Å². The molecule has 1 aromatic rings. The first kappa shape index (κ1) is 19.9. The van der Waals surface area contributed by atoms with E-state index in [0.717, 1.165) is 24.8 Å². The van der Waals surface area contributed by atoms with Crippen LogP contribution in [0, 0.1) is 0 Å². The van der Waals surface area contributed by atoms with Crippen LogP contribution in [0.25, 0.3) is 0 Å². The standard InChI is InChI=1S/C21H27NO4/c1-3-4-5-19(23)12-10-18-11-13-20(24)22(18)15-14-16-6-8-17(9-7-16)21(25)26-2/h6-10,12,18H,3-5,11,13-15H2,1-2H3. The normalized spacial score (nSPS) is 17.1. The summed E-state index contributed by atoms with van der Waals surface area (Å²) in [7, 11) is 1.36. The summed E-state index contributed by atoms with van der Waals surface area (Å²) in [6.07, 6.45) is 7.99. The zero-order valence-electron chi connectivity index (χ0n) is 15.6. The summed E-state index contributed by atoms with van der Waals surface area (Å²) in [6.45, 7) is 2.67. The number of hydrogen-bond acceptors (Lipinski definition) is 4. The topological polar surface area (TPSA) is 63.7 Å². The first-order chi connectivity index (χ1) is 12.5. The summed E-state index contributed by atoms with van der Waals surface area (Å²) < 4.78 is 4.69. The molecule has 5 nitrogen and oxygen atoms in total. The molecule has 1 amide bonds. The Kier molecular flexibility index (Phi) is 7.57. The van der Waals surface area contributed by atoms with Gasteiger partial charge in [-0.25, -0.2) is 4.79 Å². The van der Waals surface area contributed by atoms with Crippen molar-refractivity contribution in [3.63, 3.8) is 0 Å². The second-order valence-corrected chi connectivity index (χ2v) is 6.56. The molecule has 1 heterocycles. The monoisotopic (exact) mass is 357 g/mol. The molecular weight excluding hydrogens is 330 g/mol. The molecule has 5 heteroatoms. The van der Waals surface area contributed by atoms with Crippen LogP contribution in [0.1, 0.15) is 54.9 Å². The Morgan fingerprint density at radius 2 is 2.00 bits per heavy atom. The van der Waals surface area contributed by atoms with Crippen molar-refractivity contribution in [3.05, 3.63) is 47.5 Å². The lowest BCUT2D eigenvalue weighted by molar-refractivity contribution is -0.128. The fourth-order valence-corrected chi connectivity index (χ4v) is 3.07. The van der Waals surface area contributed by atoms with Gasteiger partial charge in [0, 0.05) is 19.4 Å². The fraction of sp³-hybridized carbons (Fsp3) is 0.476.